The van der Waals surface area contributed by atoms with Crippen molar-refractivity contribution in [2.24, 2.45) is 5.73 Å². The Morgan fingerprint density at radius 1 is 1.40 bits per heavy atom. The summed E-state index contributed by atoms with van der Waals surface area (Å²) in [5.74, 6) is 0.828. The highest BCUT2D eigenvalue weighted by atomic mass is 16.5. The largest absolute Gasteiger partial charge is 0.494 e. The zero-order valence-electron chi connectivity index (χ0n) is 9.36. The van der Waals surface area contributed by atoms with E-state index in [1.165, 1.54) is 0 Å². The second-order valence-corrected chi connectivity index (χ2v) is 3.92. The Morgan fingerprint density at radius 2 is 2.07 bits per heavy atom. The number of hydrogen-bond acceptors (Lipinski definition) is 3. The van der Waals surface area contributed by atoms with Crippen LogP contribution in [0.4, 0.5) is 0 Å². The number of aliphatic hydroxyl groups is 1. The molecule has 0 aliphatic rings. The summed E-state index contributed by atoms with van der Waals surface area (Å²) in [6.45, 7) is 4.54. The van der Waals surface area contributed by atoms with Gasteiger partial charge in [0, 0.05) is 13.0 Å². The van der Waals surface area contributed by atoms with Crippen molar-refractivity contribution < 1.29 is 9.84 Å². The molecule has 1 rings (SSSR count). The van der Waals surface area contributed by atoms with E-state index in [2.05, 4.69) is 0 Å². The Balaban J connectivity index is 2.84. The second kappa shape index (κ2) is 5.14. The van der Waals surface area contributed by atoms with Gasteiger partial charge in [-0.15, -0.1) is 0 Å². The molecule has 1 atom stereocenters. The van der Waals surface area contributed by atoms with Gasteiger partial charge in [-0.1, -0.05) is 18.2 Å². The maximum absolute atomic E-state index is 9.89. The molecule has 3 heteroatoms. The quantitative estimate of drug-likeness (QED) is 0.769. The Hall–Kier alpha value is -1.06. The monoisotopic (exact) mass is 209 g/mol. The third kappa shape index (κ3) is 3.53. The van der Waals surface area contributed by atoms with Gasteiger partial charge in [0.25, 0.3) is 0 Å². The van der Waals surface area contributed by atoms with Crippen molar-refractivity contribution in [3.63, 3.8) is 0 Å². The van der Waals surface area contributed by atoms with Crippen LogP contribution in [0.25, 0.3) is 0 Å². The minimum Gasteiger partial charge on any atom is -0.494 e. The minimum absolute atomic E-state index is 0.244. The van der Waals surface area contributed by atoms with E-state index in [1.54, 1.807) is 6.92 Å². The SMILES string of the molecule is CCOc1ccccc1CC(C)(O)CN. The molecule has 1 unspecified atom stereocenters. The van der Waals surface area contributed by atoms with Crippen molar-refractivity contribution in [2.75, 3.05) is 13.2 Å². The van der Waals surface area contributed by atoms with Crippen LogP contribution in [0.3, 0.4) is 0 Å². The van der Waals surface area contributed by atoms with E-state index in [9.17, 15) is 5.11 Å². The van der Waals surface area contributed by atoms with Gasteiger partial charge in [0.15, 0.2) is 0 Å². The Morgan fingerprint density at radius 3 is 2.67 bits per heavy atom. The van der Waals surface area contributed by atoms with Crippen molar-refractivity contribution in [2.45, 2.75) is 25.9 Å². The van der Waals surface area contributed by atoms with Gasteiger partial charge in [-0.3, -0.25) is 0 Å². The molecule has 0 saturated carbocycles. The molecule has 0 amide bonds. The van der Waals surface area contributed by atoms with Crippen LogP contribution in [-0.2, 0) is 6.42 Å². The van der Waals surface area contributed by atoms with Gasteiger partial charge in [0.1, 0.15) is 5.75 Å². The molecule has 0 aliphatic heterocycles. The first-order valence-electron chi connectivity index (χ1n) is 5.22. The summed E-state index contributed by atoms with van der Waals surface area (Å²) in [6.07, 6.45) is 0.514. The van der Waals surface area contributed by atoms with Crippen LogP contribution in [0.2, 0.25) is 0 Å². The number of ether oxygens (including phenoxy) is 1. The molecule has 0 fully saturated rings. The zero-order chi connectivity index (χ0) is 11.3. The van der Waals surface area contributed by atoms with E-state index in [4.69, 9.17) is 10.5 Å². The van der Waals surface area contributed by atoms with E-state index >= 15 is 0 Å². The average Bonchev–Trinajstić information content (AvgIpc) is 2.21. The molecule has 1 aromatic rings. The lowest BCUT2D eigenvalue weighted by atomic mass is 9.96. The lowest BCUT2D eigenvalue weighted by Crippen LogP contribution is -2.36. The van der Waals surface area contributed by atoms with Gasteiger partial charge in [0.05, 0.1) is 12.2 Å². The number of hydrogen-bond donors (Lipinski definition) is 2. The third-order valence-electron chi connectivity index (χ3n) is 2.28. The fourth-order valence-corrected chi connectivity index (χ4v) is 1.43. The van der Waals surface area contributed by atoms with Crippen LogP contribution in [-0.4, -0.2) is 23.9 Å². The van der Waals surface area contributed by atoms with Crippen molar-refractivity contribution in [3.8, 4) is 5.75 Å². The first-order chi connectivity index (χ1) is 7.09. The number of rotatable bonds is 5. The summed E-state index contributed by atoms with van der Waals surface area (Å²) in [4.78, 5) is 0. The van der Waals surface area contributed by atoms with Gasteiger partial charge in [-0.25, -0.2) is 0 Å². The molecule has 0 aromatic heterocycles. The van der Waals surface area contributed by atoms with Gasteiger partial charge in [0.2, 0.25) is 0 Å². The average molecular weight is 209 g/mol. The molecule has 3 N–H and O–H groups in total. The first-order valence-corrected chi connectivity index (χ1v) is 5.22. The summed E-state index contributed by atoms with van der Waals surface area (Å²) in [5.41, 5.74) is 5.61. The Labute approximate surface area is 90.9 Å². The molecule has 0 saturated heterocycles. The van der Waals surface area contributed by atoms with Gasteiger partial charge >= 0.3 is 0 Å². The highest BCUT2D eigenvalue weighted by Gasteiger charge is 2.20. The third-order valence-corrected chi connectivity index (χ3v) is 2.28. The molecule has 0 heterocycles. The van der Waals surface area contributed by atoms with Crippen molar-refractivity contribution >= 4 is 0 Å². The summed E-state index contributed by atoms with van der Waals surface area (Å²) < 4.78 is 5.48. The maximum Gasteiger partial charge on any atom is 0.122 e. The molecule has 0 bridgehead atoms. The van der Waals surface area contributed by atoms with Gasteiger partial charge in [-0.05, 0) is 25.5 Å². The van der Waals surface area contributed by atoms with Crippen LogP contribution >= 0.6 is 0 Å². The van der Waals surface area contributed by atoms with Crippen LogP contribution < -0.4 is 10.5 Å². The first kappa shape index (κ1) is 12.0. The molecule has 0 radical (unpaired) electrons. The predicted molar refractivity (Wildman–Crippen MR) is 61.0 cm³/mol. The lowest BCUT2D eigenvalue weighted by Gasteiger charge is -2.22. The van der Waals surface area contributed by atoms with Crippen LogP contribution in [0, 0.1) is 0 Å². The van der Waals surface area contributed by atoms with E-state index in [-0.39, 0.29) is 6.54 Å². The molecule has 0 spiro atoms. The summed E-state index contributed by atoms with van der Waals surface area (Å²) in [6, 6.07) is 7.72. The van der Waals surface area contributed by atoms with Crippen molar-refractivity contribution in [3.05, 3.63) is 29.8 Å². The molecular formula is C12H19NO2. The predicted octanol–water partition coefficient (Wildman–Crippen LogP) is 1.34. The molecule has 15 heavy (non-hydrogen) atoms. The summed E-state index contributed by atoms with van der Waals surface area (Å²) in [7, 11) is 0. The molecular weight excluding hydrogens is 190 g/mol. The number of para-hydroxylation sites is 1. The fourth-order valence-electron chi connectivity index (χ4n) is 1.43. The molecule has 1 aromatic carbocycles. The smallest absolute Gasteiger partial charge is 0.122 e. The summed E-state index contributed by atoms with van der Waals surface area (Å²) >= 11 is 0. The number of benzene rings is 1. The fraction of sp³-hybridized carbons (Fsp3) is 0.500. The molecule has 3 nitrogen and oxygen atoms in total. The standard InChI is InChI=1S/C12H19NO2/c1-3-15-11-7-5-4-6-10(11)8-12(2,14)9-13/h4-7,14H,3,8-9,13H2,1-2H3. The second-order valence-electron chi connectivity index (χ2n) is 3.92. The molecule has 84 valence electrons. The van der Waals surface area contributed by atoms with E-state index in [1.807, 2.05) is 31.2 Å². The number of nitrogens with two attached hydrogens (primary N) is 1. The van der Waals surface area contributed by atoms with Crippen molar-refractivity contribution in [1.29, 1.82) is 0 Å². The minimum atomic E-state index is -0.868. The van der Waals surface area contributed by atoms with Crippen LogP contribution in [0.5, 0.6) is 5.75 Å². The van der Waals surface area contributed by atoms with Gasteiger partial charge in [-0.2, -0.15) is 0 Å². The van der Waals surface area contributed by atoms with Crippen molar-refractivity contribution in [1.82, 2.24) is 0 Å². The van der Waals surface area contributed by atoms with E-state index in [0.29, 0.717) is 13.0 Å². The summed E-state index contributed by atoms with van der Waals surface area (Å²) in [5, 5.41) is 9.89. The molecule has 0 aliphatic carbocycles. The van der Waals surface area contributed by atoms with E-state index in [0.717, 1.165) is 11.3 Å². The topological polar surface area (TPSA) is 55.5 Å². The van der Waals surface area contributed by atoms with E-state index < -0.39 is 5.60 Å². The van der Waals surface area contributed by atoms with Crippen LogP contribution in [0.1, 0.15) is 19.4 Å². The Kier molecular flexibility index (Phi) is 4.12. The van der Waals surface area contributed by atoms with Crippen LogP contribution in [0.15, 0.2) is 24.3 Å². The highest BCUT2D eigenvalue weighted by molar-refractivity contribution is 5.34. The lowest BCUT2D eigenvalue weighted by molar-refractivity contribution is 0.0688. The van der Waals surface area contributed by atoms with Gasteiger partial charge < -0.3 is 15.6 Å². The maximum atomic E-state index is 9.89. The normalized spacial score (nSPS) is 14.7. The highest BCUT2D eigenvalue weighted by Crippen LogP contribution is 2.22. The zero-order valence-corrected chi connectivity index (χ0v) is 9.36. The Bertz CT molecular complexity index is 310.